The fraction of sp³-hybridized carbons (Fsp3) is 0.636. The van der Waals surface area contributed by atoms with Crippen molar-refractivity contribution < 1.29 is 0 Å². The lowest BCUT2D eigenvalue weighted by atomic mass is 10.0. The van der Waals surface area contributed by atoms with E-state index < -0.39 is 0 Å². The van der Waals surface area contributed by atoms with Gasteiger partial charge in [-0.25, -0.2) is 4.98 Å². The predicted molar refractivity (Wildman–Crippen MR) is 72.8 cm³/mol. The standard InChI is InChI=1S/C11H20ClN5/c1-11(2,17(4)5)7-15-9-8(12)6-14-10(13-3)16-9/h6H,7H2,1-5H3,(H2,13,14,15,16). The van der Waals surface area contributed by atoms with Crippen molar-refractivity contribution in [1.82, 2.24) is 14.9 Å². The zero-order valence-corrected chi connectivity index (χ0v) is 11.8. The summed E-state index contributed by atoms with van der Waals surface area (Å²) < 4.78 is 0. The van der Waals surface area contributed by atoms with Crippen LogP contribution in [0.5, 0.6) is 0 Å². The SMILES string of the molecule is CNc1ncc(Cl)c(NCC(C)(C)N(C)C)n1. The second kappa shape index (κ2) is 5.51. The highest BCUT2D eigenvalue weighted by Crippen LogP contribution is 2.20. The fourth-order valence-electron chi connectivity index (χ4n) is 1.07. The number of hydrogen-bond donors (Lipinski definition) is 2. The summed E-state index contributed by atoms with van der Waals surface area (Å²) in [5.74, 6) is 1.21. The van der Waals surface area contributed by atoms with E-state index >= 15 is 0 Å². The maximum Gasteiger partial charge on any atom is 0.224 e. The van der Waals surface area contributed by atoms with Crippen LogP contribution in [-0.4, -0.2) is 48.1 Å². The number of halogens is 1. The first-order valence-corrected chi connectivity index (χ1v) is 5.86. The highest BCUT2D eigenvalue weighted by Gasteiger charge is 2.20. The molecule has 0 amide bonds. The molecule has 0 atom stereocenters. The Labute approximate surface area is 108 Å². The molecule has 0 spiro atoms. The number of hydrogen-bond acceptors (Lipinski definition) is 5. The summed E-state index contributed by atoms with van der Waals surface area (Å²) in [6, 6.07) is 0. The highest BCUT2D eigenvalue weighted by molar-refractivity contribution is 6.32. The van der Waals surface area contributed by atoms with Gasteiger partial charge in [0.25, 0.3) is 0 Å². The molecule has 0 fully saturated rings. The van der Waals surface area contributed by atoms with Gasteiger partial charge < -0.3 is 15.5 Å². The van der Waals surface area contributed by atoms with E-state index in [0.717, 1.165) is 6.54 Å². The van der Waals surface area contributed by atoms with Crippen LogP contribution in [0.2, 0.25) is 5.02 Å². The molecule has 1 aromatic heterocycles. The molecule has 0 aliphatic rings. The van der Waals surface area contributed by atoms with Crippen molar-refractivity contribution >= 4 is 23.4 Å². The largest absolute Gasteiger partial charge is 0.367 e. The van der Waals surface area contributed by atoms with Crippen molar-refractivity contribution in [2.45, 2.75) is 19.4 Å². The van der Waals surface area contributed by atoms with Gasteiger partial charge in [0.1, 0.15) is 5.02 Å². The quantitative estimate of drug-likeness (QED) is 0.844. The third-order valence-corrected chi connectivity index (χ3v) is 3.14. The Morgan fingerprint density at radius 1 is 1.41 bits per heavy atom. The second-order valence-electron chi connectivity index (χ2n) is 4.70. The van der Waals surface area contributed by atoms with E-state index in [1.807, 2.05) is 14.1 Å². The first-order valence-electron chi connectivity index (χ1n) is 5.48. The molecule has 6 heteroatoms. The zero-order chi connectivity index (χ0) is 13.1. The molecule has 0 saturated carbocycles. The minimum absolute atomic E-state index is 0.0219. The molecule has 5 nitrogen and oxygen atoms in total. The molecule has 1 rings (SSSR count). The first-order chi connectivity index (χ1) is 7.86. The third-order valence-electron chi connectivity index (χ3n) is 2.87. The van der Waals surface area contributed by atoms with Crippen molar-refractivity contribution in [3.63, 3.8) is 0 Å². The topological polar surface area (TPSA) is 53.1 Å². The van der Waals surface area contributed by atoms with Crippen LogP contribution in [0.1, 0.15) is 13.8 Å². The van der Waals surface area contributed by atoms with Gasteiger partial charge in [-0.2, -0.15) is 4.98 Å². The minimum atomic E-state index is 0.0219. The van der Waals surface area contributed by atoms with Gasteiger partial charge >= 0.3 is 0 Å². The molecule has 96 valence electrons. The van der Waals surface area contributed by atoms with Crippen LogP contribution in [-0.2, 0) is 0 Å². The van der Waals surface area contributed by atoms with Gasteiger partial charge in [0.15, 0.2) is 5.82 Å². The van der Waals surface area contributed by atoms with Crippen LogP contribution in [0.25, 0.3) is 0 Å². The zero-order valence-electron chi connectivity index (χ0n) is 11.0. The normalized spacial score (nSPS) is 11.7. The molecular formula is C11H20ClN5. The molecule has 1 aromatic rings. The Morgan fingerprint density at radius 3 is 2.59 bits per heavy atom. The smallest absolute Gasteiger partial charge is 0.224 e. The summed E-state index contributed by atoms with van der Waals surface area (Å²) >= 11 is 6.03. The number of nitrogens with one attached hydrogen (secondary N) is 2. The number of anilines is 2. The Kier molecular flexibility index (Phi) is 4.54. The van der Waals surface area contributed by atoms with E-state index in [1.54, 1.807) is 13.2 Å². The summed E-state index contributed by atoms with van der Waals surface area (Å²) in [4.78, 5) is 10.4. The molecule has 0 aliphatic carbocycles. The molecule has 0 saturated heterocycles. The molecule has 1 heterocycles. The van der Waals surface area contributed by atoms with E-state index in [1.165, 1.54) is 0 Å². The highest BCUT2D eigenvalue weighted by atomic mass is 35.5. The van der Waals surface area contributed by atoms with Crippen LogP contribution < -0.4 is 10.6 Å². The van der Waals surface area contributed by atoms with Gasteiger partial charge in [-0.1, -0.05) is 11.6 Å². The molecule has 2 N–H and O–H groups in total. The monoisotopic (exact) mass is 257 g/mol. The van der Waals surface area contributed by atoms with E-state index in [-0.39, 0.29) is 5.54 Å². The molecular weight excluding hydrogens is 238 g/mol. The maximum absolute atomic E-state index is 6.03. The van der Waals surface area contributed by atoms with Gasteiger partial charge in [-0.3, -0.25) is 0 Å². The van der Waals surface area contributed by atoms with E-state index in [4.69, 9.17) is 11.6 Å². The van der Waals surface area contributed by atoms with Gasteiger partial charge in [0, 0.05) is 19.1 Å². The lowest BCUT2D eigenvalue weighted by Crippen LogP contribution is -2.44. The number of aromatic nitrogens is 2. The third kappa shape index (κ3) is 3.71. The average Bonchev–Trinajstić information content (AvgIpc) is 2.28. The molecule has 17 heavy (non-hydrogen) atoms. The Hall–Kier alpha value is -1.07. The molecule has 0 bridgehead atoms. The fourth-order valence-corrected chi connectivity index (χ4v) is 1.23. The maximum atomic E-state index is 6.03. The summed E-state index contributed by atoms with van der Waals surface area (Å²) in [7, 11) is 5.86. The van der Waals surface area contributed by atoms with E-state index in [9.17, 15) is 0 Å². The van der Waals surface area contributed by atoms with Crippen LogP contribution in [0, 0.1) is 0 Å². The summed E-state index contributed by atoms with van der Waals surface area (Å²) in [6.45, 7) is 5.04. The van der Waals surface area contributed by atoms with E-state index in [0.29, 0.717) is 16.8 Å². The van der Waals surface area contributed by atoms with Crippen LogP contribution in [0.15, 0.2) is 6.20 Å². The van der Waals surface area contributed by atoms with Crippen molar-refractivity contribution in [2.75, 3.05) is 38.3 Å². The molecule has 0 aliphatic heterocycles. The lowest BCUT2D eigenvalue weighted by Gasteiger charge is -2.32. The summed E-state index contributed by atoms with van der Waals surface area (Å²) in [5, 5.41) is 6.65. The van der Waals surface area contributed by atoms with Gasteiger partial charge in [-0.05, 0) is 27.9 Å². The molecule has 0 radical (unpaired) electrons. The van der Waals surface area contributed by atoms with Crippen molar-refractivity contribution in [1.29, 1.82) is 0 Å². The Balaban J connectivity index is 2.75. The second-order valence-corrected chi connectivity index (χ2v) is 5.11. The van der Waals surface area contributed by atoms with Crippen molar-refractivity contribution in [2.24, 2.45) is 0 Å². The van der Waals surface area contributed by atoms with Crippen molar-refractivity contribution in [3.05, 3.63) is 11.2 Å². The number of rotatable bonds is 5. The Morgan fingerprint density at radius 2 is 2.06 bits per heavy atom. The van der Waals surface area contributed by atoms with Gasteiger partial charge in [0.2, 0.25) is 5.95 Å². The molecule has 0 unspecified atom stereocenters. The Bertz CT molecular complexity index is 378. The predicted octanol–water partition coefficient (Wildman–Crippen LogP) is 1.92. The molecule has 0 aromatic carbocycles. The minimum Gasteiger partial charge on any atom is -0.367 e. The van der Waals surface area contributed by atoms with Crippen molar-refractivity contribution in [3.8, 4) is 0 Å². The lowest BCUT2D eigenvalue weighted by molar-refractivity contribution is 0.210. The van der Waals surface area contributed by atoms with Gasteiger partial charge in [-0.15, -0.1) is 0 Å². The van der Waals surface area contributed by atoms with E-state index in [2.05, 4.69) is 39.3 Å². The van der Waals surface area contributed by atoms with Crippen LogP contribution >= 0.6 is 11.6 Å². The van der Waals surface area contributed by atoms with Gasteiger partial charge in [0.05, 0.1) is 6.20 Å². The van der Waals surface area contributed by atoms with Crippen LogP contribution in [0.3, 0.4) is 0 Å². The first kappa shape index (κ1) is 14.0. The summed E-state index contributed by atoms with van der Waals surface area (Å²) in [6.07, 6.45) is 1.59. The summed E-state index contributed by atoms with van der Waals surface area (Å²) in [5.41, 5.74) is 0.0219. The number of nitrogens with zero attached hydrogens (tertiary/aromatic N) is 3. The van der Waals surface area contributed by atoms with Crippen LogP contribution in [0.4, 0.5) is 11.8 Å². The number of likely N-dealkylation sites (N-methyl/N-ethyl adjacent to an activating group) is 1. The average molecular weight is 258 g/mol.